The van der Waals surface area contributed by atoms with Crippen LogP contribution in [0.25, 0.3) is 11.4 Å². The molecule has 3 rings (SSSR count). The van der Waals surface area contributed by atoms with E-state index in [1.165, 1.54) is 11.8 Å². The van der Waals surface area contributed by atoms with Crippen molar-refractivity contribution in [3.8, 4) is 11.4 Å². The van der Waals surface area contributed by atoms with Gasteiger partial charge in [0.1, 0.15) is 0 Å². The van der Waals surface area contributed by atoms with E-state index in [-0.39, 0.29) is 11.7 Å². The van der Waals surface area contributed by atoms with Crippen LogP contribution in [0.5, 0.6) is 0 Å². The molecule has 0 bridgehead atoms. The van der Waals surface area contributed by atoms with E-state index in [1.807, 2.05) is 54.0 Å². The average Bonchev–Trinajstić information content (AvgIpc) is 3.26. The summed E-state index contributed by atoms with van der Waals surface area (Å²) in [6.45, 7) is 2.76. The van der Waals surface area contributed by atoms with Crippen LogP contribution < -0.4 is 5.43 Å². The number of hydrogen-bond donors (Lipinski definition) is 1. The molecule has 9 heteroatoms. The molecule has 0 atom stereocenters. The van der Waals surface area contributed by atoms with E-state index in [1.54, 1.807) is 17.6 Å². The van der Waals surface area contributed by atoms with Gasteiger partial charge < -0.3 is 4.57 Å². The first-order chi connectivity index (χ1) is 12.7. The molecule has 0 fully saturated rings. The van der Waals surface area contributed by atoms with Gasteiger partial charge in [-0.2, -0.15) is 5.10 Å². The largest absolute Gasteiger partial charge is 0.302 e. The van der Waals surface area contributed by atoms with Crippen LogP contribution in [0.3, 0.4) is 0 Å². The lowest BCUT2D eigenvalue weighted by Gasteiger charge is -2.06. The first-order valence-electron chi connectivity index (χ1n) is 7.86. The predicted octanol–water partition coefficient (Wildman–Crippen LogP) is 4.03. The van der Waals surface area contributed by atoms with E-state index < -0.39 is 0 Å². The fourth-order valence-corrected chi connectivity index (χ4v) is 4.30. The average molecular weight is 450 g/mol. The summed E-state index contributed by atoms with van der Waals surface area (Å²) in [5.41, 5.74) is 3.53. The molecule has 3 aromatic rings. The van der Waals surface area contributed by atoms with Crippen molar-refractivity contribution in [2.24, 2.45) is 5.10 Å². The Morgan fingerprint density at radius 3 is 2.81 bits per heavy atom. The summed E-state index contributed by atoms with van der Waals surface area (Å²) in [7, 11) is 0. The normalized spacial score (nSPS) is 11.2. The van der Waals surface area contributed by atoms with Crippen molar-refractivity contribution in [3.05, 3.63) is 51.1 Å². The molecular weight excluding hydrogens is 434 g/mol. The molecule has 2 aromatic heterocycles. The second-order valence-corrected chi connectivity index (χ2v) is 8.58. The van der Waals surface area contributed by atoms with Gasteiger partial charge >= 0.3 is 0 Å². The van der Waals surface area contributed by atoms with Crippen LogP contribution in [0, 0.1) is 0 Å². The highest BCUT2D eigenvalue weighted by Gasteiger charge is 2.14. The van der Waals surface area contributed by atoms with Gasteiger partial charge in [0, 0.05) is 17.0 Å². The number of carbonyl (C=O) groups excluding carboxylic acids is 1. The fourth-order valence-electron chi connectivity index (χ4n) is 2.21. The first kappa shape index (κ1) is 18.8. The van der Waals surface area contributed by atoms with Crippen molar-refractivity contribution in [3.63, 3.8) is 0 Å². The van der Waals surface area contributed by atoms with Crippen molar-refractivity contribution >= 4 is 51.2 Å². The monoisotopic (exact) mass is 449 g/mol. The van der Waals surface area contributed by atoms with Crippen LogP contribution in [-0.2, 0) is 11.3 Å². The van der Waals surface area contributed by atoms with E-state index in [2.05, 4.69) is 36.7 Å². The number of hydrogen-bond acceptors (Lipinski definition) is 6. The number of halogens is 1. The van der Waals surface area contributed by atoms with Crippen LogP contribution in [0.2, 0.25) is 0 Å². The summed E-state index contributed by atoms with van der Waals surface area (Å²) >= 11 is 6.28. The van der Waals surface area contributed by atoms with Gasteiger partial charge in [-0.3, -0.25) is 4.79 Å². The maximum atomic E-state index is 12.0. The second-order valence-electron chi connectivity index (χ2n) is 5.14. The van der Waals surface area contributed by atoms with Gasteiger partial charge in [-0.05, 0) is 35.0 Å². The highest BCUT2D eigenvalue weighted by atomic mass is 79.9. The molecule has 1 aromatic carbocycles. The maximum absolute atomic E-state index is 12.0. The highest BCUT2D eigenvalue weighted by molar-refractivity contribution is 9.11. The van der Waals surface area contributed by atoms with Crippen LogP contribution in [0.15, 0.2) is 56.5 Å². The van der Waals surface area contributed by atoms with Crippen LogP contribution in [0.1, 0.15) is 11.8 Å². The van der Waals surface area contributed by atoms with Crippen molar-refractivity contribution in [1.82, 2.24) is 20.2 Å². The lowest BCUT2D eigenvalue weighted by atomic mass is 10.2. The SMILES string of the molecule is CCn1c(SCC(=O)N/N=C\c2ccc(Br)s2)nnc1-c1ccccc1. The molecule has 0 saturated heterocycles. The van der Waals surface area contributed by atoms with Crippen molar-refractivity contribution in [1.29, 1.82) is 0 Å². The van der Waals surface area contributed by atoms with Crippen molar-refractivity contribution in [2.75, 3.05) is 5.75 Å². The topological polar surface area (TPSA) is 72.2 Å². The Morgan fingerprint density at radius 1 is 1.31 bits per heavy atom. The summed E-state index contributed by atoms with van der Waals surface area (Å²) in [5.74, 6) is 0.837. The molecule has 0 aliphatic heterocycles. The van der Waals surface area contributed by atoms with E-state index in [9.17, 15) is 4.79 Å². The number of carbonyl (C=O) groups is 1. The number of amides is 1. The molecule has 6 nitrogen and oxygen atoms in total. The molecule has 1 amide bonds. The molecule has 0 aliphatic rings. The van der Waals surface area contributed by atoms with E-state index in [0.717, 1.165) is 26.6 Å². The van der Waals surface area contributed by atoms with Crippen LogP contribution in [0.4, 0.5) is 0 Å². The van der Waals surface area contributed by atoms with E-state index in [4.69, 9.17) is 0 Å². The van der Waals surface area contributed by atoms with Gasteiger partial charge in [-0.25, -0.2) is 5.43 Å². The van der Waals surface area contributed by atoms with Gasteiger partial charge in [0.05, 0.1) is 15.8 Å². The smallest absolute Gasteiger partial charge is 0.250 e. The molecule has 1 N–H and O–H groups in total. The summed E-state index contributed by atoms with van der Waals surface area (Å²) < 4.78 is 3.02. The Hall–Kier alpha value is -1.97. The quantitative estimate of drug-likeness (QED) is 0.335. The Balaban J connectivity index is 1.58. The molecule has 0 radical (unpaired) electrons. The second kappa shape index (κ2) is 9.11. The zero-order valence-corrected chi connectivity index (χ0v) is 17.1. The van der Waals surface area contributed by atoms with Gasteiger partial charge in [-0.1, -0.05) is 42.1 Å². The zero-order valence-electron chi connectivity index (χ0n) is 13.9. The minimum atomic E-state index is -0.186. The number of thioether (sulfide) groups is 1. The zero-order chi connectivity index (χ0) is 18.4. The van der Waals surface area contributed by atoms with Gasteiger partial charge in [0.15, 0.2) is 11.0 Å². The molecule has 26 heavy (non-hydrogen) atoms. The summed E-state index contributed by atoms with van der Waals surface area (Å²) in [4.78, 5) is 12.9. The van der Waals surface area contributed by atoms with Crippen LogP contribution in [-0.4, -0.2) is 32.6 Å². The highest BCUT2D eigenvalue weighted by Crippen LogP contribution is 2.23. The number of thiophene rings is 1. The first-order valence-corrected chi connectivity index (χ1v) is 10.5. The number of hydrazone groups is 1. The molecule has 0 aliphatic carbocycles. The third-order valence-corrected chi connectivity index (χ3v) is 5.90. The van der Waals surface area contributed by atoms with E-state index in [0.29, 0.717) is 5.16 Å². The minimum absolute atomic E-state index is 0.186. The molecular formula is C17H16BrN5OS2. The van der Waals surface area contributed by atoms with Crippen molar-refractivity contribution in [2.45, 2.75) is 18.6 Å². The summed E-state index contributed by atoms with van der Waals surface area (Å²) in [6, 6.07) is 13.7. The Kier molecular flexibility index (Phi) is 6.59. The minimum Gasteiger partial charge on any atom is -0.302 e. The molecule has 0 saturated carbocycles. The molecule has 0 spiro atoms. The van der Waals surface area contributed by atoms with Gasteiger partial charge in [-0.15, -0.1) is 21.5 Å². The Morgan fingerprint density at radius 2 is 2.12 bits per heavy atom. The van der Waals surface area contributed by atoms with Crippen molar-refractivity contribution < 1.29 is 4.79 Å². The van der Waals surface area contributed by atoms with Gasteiger partial charge in [0.2, 0.25) is 0 Å². The number of benzene rings is 1. The lowest BCUT2D eigenvalue weighted by Crippen LogP contribution is -2.19. The van der Waals surface area contributed by atoms with E-state index >= 15 is 0 Å². The molecule has 2 heterocycles. The number of nitrogens with zero attached hydrogens (tertiary/aromatic N) is 4. The Labute approximate surface area is 167 Å². The van der Waals surface area contributed by atoms with Crippen LogP contribution >= 0.6 is 39.0 Å². The summed E-state index contributed by atoms with van der Waals surface area (Å²) in [5, 5.41) is 13.2. The third kappa shape index (κ3) is 4.80. The summed E-state index contributed by atoms with van der Waals surface area (Å²) in [6.07, 6.45) is 1.63. The maximum Gasteiger partial charge on any atom is 0.250 e. The number of aromatic nitrogens is 3. The fraction of sp³-hybridized carbons (Fsp3) is 0.176. The molecule has 134 valence electrons. The number of nitrogens with one attached hydrogen (secondary N) is 1. The lowest BCUT2D eigenvalue weighted by molar-refractivity contribution is -0.118. The third-order valence-electron chi connectivity index (χ3n) is 3.37. The standard InChI is InChI=1S/C17H16BrN5OS2/c1-2-23-16(12-6-4-3-5-7-12)21-22-17(23)25-11-15(24)20-19-10-13-8-9-14(18)26-13/h3-10H,2,11H2,1H3,(H,20,24)/b19-10-. The Bertz CT molecular complexity index is 907. The number of rotatable bonds is 7. The predicted molar refractivity (Wildman–Crippen MR) is 110 cm³/mol. The van der Waals surface area contributed by atoms with Gasteiger partial charge in [0.25, 0.3) is 5.91 Å². The molecule has 0 unspecified atom stereocenters.